The minimum Gasteiger partial charge on any atom is -0.480 e. The third kappa shape index (κ3) is 4.93. The lowest BCUT2D eigenvalue weighted by Gasteiger charge is -2.05. The SMILES string of the molecule is N[C@@H](CCCCCCc1cnc[nH]1)C(=O)O. The number of aryl methyl sites for hydroxylation is 1. The molecule has 0 saturated carbocycles. The van der Waals surface area contributed by atoms with Crippen molar-refractivity contribution < 1.29 is 9.90 Å². The van der Waals surface area contributed by atoms with E-state index in [-0.39, 0.29) is 0 Å². The molecule has 1 rings (SSSR count). The van der Waals surface area contributed by atoms with Crippen LogP contribution in [0.2, 0.25) is 0 Å². The van der Waals surface area contributed by atoms with E-state index >= 15 is 0 Å². The summed E-state index contributed by atoms with van der Waals surface area (Å²) in [6.07, 6.45) is 9.22. The van der Waals surface area contributed by atoms with Gasteiger partial charge in [-0.25, -0.2) is 4.98 Å². The van der Waals surface area contributed by atoms with Gasteiger partial charge in [0.15, 0.2) is 0 Å². The van der Waals surface area contributed by atoms with Gasteiger partial charge in [-0.15, -0.1) is 0 Å². The van der Waals surface area contributed by atoms with Crippen LogP contribution in [0.5, 0.6) is 0 Å². The number of hydrogen-bond acceptors (Lipinski definition) is 3. The van der Waals surface area contributed by atoms with Crippen molar-refractivity contribution in [3.8, 4) is 0 Å². The van der Waals surface area contributed by atoms with Crippen molar-refractivity contribution in [2.75, 3.05) is 0 Å². The minimum absolute atomic E-state index is 0.569. The van der Waals surface area contributed by atoms with Crippen molar-refractivity contribution >= 4 is 5.97 Å². The summed E-state index contributed by atoms with van der Waals surface area (Å²) in [4.78, 5) is 17.4. The summed E-state index contributed by atoms with van der Waals surface area (Å²) < 4.78 is 0. The van der Waals surface area contributed by atoms with Crippen molar-refractivity contribution in [2.24, 2.45) is 5.73 Å². The van der Waals surface area contributed by atoms with Crippen LogP contribution in [-0.2, 0) is 11.2 Å². The van der Waals surface area contributed by atoms with Gasteiger partial charge in [0.05, 0.1) is 6.33 Å². The molecule has 0 fully saturated rings. The topological polar surface area (TPSA) is 92.0 Å². The second kappa shape index (κ2) is 7.00. The smallest absolute Gasteiger partial charge is 0.320 e. The molecule has 1 heterocycles. The normalized spacial score (nSPS) is 12.6. The summed E-state index contributed by atoms with van der Waals surface area (Å²) in [5.41, 5.74) is 6.55. The molecule has 1 aromatic rings. The molecule has 1 aromatic heterocycles. The van der Waals surface area contributed by atoms with Crippen LogP contribution in [0.25, 0.3) is 0 Å². The highest BCUT2D eigenvalue weighted by Crippen LogP contribution is 2.07. The molecule has 90 valence electrons. The molecule has 0 radical (unpaired) electrons. The predicted molar refractivity (Wildman–Crippen MR) is 61.0 cm³/mol. The third-order valence-corrected chi connectivity index (χ3v) is 2.58. The third-order valence-electron chi connectivity index (χ3n) is 2.58. The Morgan fingerprint density at radius 3 is 2.81 bits per heavy atom. The molecule has 0 amide bonds. The van der Waals surface area contributed by atoms with Crippen LogP contribution in [0.15, 0.2) is 12.5 Å². The van der Waals surface area contributed by atoms with Gasteiger partial charge in [-0.05, 0) is 19.3 Å². The lowest BCUT2D eigenvalue weighted by atomic mass is 10.1. The van der Waals surface area contributed by atoms with Gasteiger partial charge in [-0.1, -0.05) is 19.3 Å². The molecule has 0 aromatic carbocycles. The number of nitrogens with zero attached hydrogens (tertiary/aromatic N) is 1. The summed E-state index contributed by atoms with van der Waals surface area (Å²) in [5, 5.41) is 8.57. The Labute approximate surface area is 95.1 Å². The second-order valence-electron chi connectivity index (χ2n) is 3.97. The number of H-pyrrole nitrogens is 1. The monoisotopic (exact) mass is 225 g/mol. The van der Waals surface area contributed by atoms with Gasteiger partial charge < -0.3 is 15.8 Å². The Kier molecular flexibility index (Phi) is 5.56. The molecule has 5 nitrogen and oxygen atoms in total. The number of rotatable bonds is 8. The molecular weight excluding hydrogens is 206 g/mol. The number of imidazole rings is 1. The predicted octanol–water partition coefficient (Wildman–Crippen LogP) is 1.31. The highest BCUT2D eigenvalue weighted by Gasteiger charge is 2.09. The van der Waals surface area contributed by atoms with Crippen LogP contribution in [0.3, 0.4) is 0 Å². The highest BCUT2D eigenvalue weighted by molar-refractivity contribution is 5.72. The van der Waals surface area contributed by atoms with Gasteiger partial charge in [0.1, 0.15) is 6.04 Å². The molecule has 16 heavy (non-hydrogen) atoms. The Balaban J connectivity index is 1.94. The standard InChI is InChI=1S/C11H19N3O2/c12-10(11(15)16)6-4-2-1-3-5-9-7-13-8-14-9/h7-8,10H,1-6,12H2,(H,13,14)(H,15,16)/t10-/m0/s1. The Bertz CT molecular complexity index is 298. The first-order valence-corrected chi connectivity index (χ1v) is 5.66. The number of carboxylic acids is 1. The summed E-state index contributed by atoms with van der Waals surface area (Å²) in [5.74, 6) is -0.905. The van der Waals surface area contributed by atoms with Gasteiger partial charge in [-0.2, -0.15) is 0 Å². The van der Waals surface area contributed by atoms with Crippen LogP contribution < -0.4 is 5.73 Å². The number of carbonyl (C=O) groups is 1. The lowest BCUT2D eigenvalue weighted by Crippen LogP contribution is -2.29. The van der Waals surface area contributed by atoms with Crippen LogP contribution in [0.4, 0.5) is 0 Å². The van der Waals surface area contributed by atoms with Crippen molar-refractivity contribution in [3.05, 3.63) is 18.2 Å². The van der Waals surface area contributed by atoms with Gasteiger partial charge in [0, 0.05) is 11.9 Å². The Morgan fingerprint density at radius 1 is 1.44 bits per heavy atom. The summed E-state index contributed by atoms with van der Waals surface area (Å²) in [6.45, 7) is 0. The van der Waals surface area contributed by atoms with Crippen LogP contribution >= 0.6 is 0 Å². The fourth-order valence-electron chi connectivity index (χ4n) is 1.58. The minimum atomic E-state index is -0.905. The zero-order chi connectivity index (χ0) is 11.8. The van der Waals surface area contributed by atoms with Crippen LogP contribution in [-0.4, -0.2) is 27.1 Å². The van der Waals surface area contributed by atoms with Gasteiger partial charge >= 0.3 is 5.97 Å². The van der Waals surface area contributed by atoms with E-state index in [9.17, 15) is 4.79 Å². The first kappa shape index (κ1) is 12.7. The number of carboxylic acid groups (broad SMARTS) is 1. The van der Waals surface area contributed by atoms with Gasteiger partial charge in [-0.3, -0.25) is 4.79 Å². The zero-order valence-electron chi connectivity index (χ0n) is 9.35. The van der Waals surface area contributed by atoms with Crippen LogP contribution in [0, 0.1) is 0 Å². The average Bonchev–Trinajstić information content (AvgIpc) is 2.75. The Morgan fingerprint density at radius 2 is 2.19 bits per heavy atom. The highest BCUT2D eigenvalue weighted by atomic mass is 16.4. The summed E-state index contributed by atoms with van der Waals surface area (Å²) >= 11 is 0. The maximum atomic E-state index is 10.4. The summed E-state index contributed by atoms with van der Waals surface area (Å²) in [7, 11) is 0. The largest absolute Gasteiger partial charge is 0.480 e. The van der Waals surface area contributed by atoms with Crippen LogP contribution in [0.1, 0.15) is 37.8 Å². The van der Waals surface area contributed by atoms with E-state index in [1.165, 1.54) is 0 Å². The number of aromatic nitrogens is 2. The number of nitrogens with two attached hydrogens (primary N) is 1. The van der Waals surface area contributed by atoms with E-state index in [2.05, 4.69) is 9.97 Å². The summed E-state index contributed by atoms with van der Waals surface area (Å²) in [6, 6.07) is -0.701. The number of hydrogen-bond donors (Lipinski definition) is 3. The molecule has 1 atom stereocenters. The number of aliphatic carboxylic acids is 1. The average molecular weight is 225 g/mol. The van der Waals surface area contributed by atoms with Crippen molar-refractivity contribution in [2.45, 2.75) is 44.6 Å². The van der Waals surface area contributed by atoms with Crippen molar-refractivity contribution in [1.82, 2.24) is 9.97 Å². The number of nitrogens with one attached hydrogen (secondary N) is 1. The van der Waals surface area contributed by atoms with E-state index in [4.69, 9.17) is 10.8 Å². The first-order valence-electron chi connectivity index (χ1n) is 5.66. The van der Waals surface area contributed by atoms with E-state index in [1.54, 1.807) is 6.33 Å². The fraction of sp³-hybridized carbons (Fsp3) is 0.636. The van der Waals surface area contributed by atoms with Gasteiger partial charge in [0.2, 0.25) is 0 Å². The zero-order valence-corrected chi connectivity index (χ0v) is 9.35. The lowest BCUT2D eigenvalue weighted by molar-refractivity contribution is -0.138. The first-order chi connectivity index (χ1) is 7.70. The molecule has 0 saturated heterocycles. The molecule has 0 aliphatic carbocycles. The van der Waals surface area contributed by atoms with E-state index < -0.39 is 12.0 Å². The maximum Gasteiger partial charge on any atom is 0.320 e. The molecule has 0 aliphatic heterocycles. The molecule has 0 bridgehead atoms. The molecule has 0 spiro atoms. The molecule has 0 aliphatic rings. The van der Waals surface area contributed by atoms with Crippen molar-refractivity contribution in [3.63, 3.8) is 0 Å². The van der Waals surface area contributed by atoms with Gasteiger partial charge in [0.25, 0.3) is 0 Å². The van der Waals surface area contributed by atoms with E-state index in [0.717, 1.165) is 37.8 Å². The Hall–Kier alpha value is -1.36. The van der Waals surface area contributed by atoms with E-state index in [1.807, 2.05) is 6.20 Å². The number of unbranched alkanes of at least 4 members (excludes halogenated alkanes) is 3. The molecule has 4 N–H and O–H groups in total. The number of aromatic amines is 1. The quantitative estimate of drug-likeness (QED) is 0.582. The molecule has 0 unspecified atom stereocenters. The fourth-order valence-corrected chi connectivity index (χ4v) is 1.58. The van der Waals surface area contributed by atoms with E-state index in [0.29, 0.717) is 6.42 Å². The second-order valence-corrected chi connectivity index (χ2v) is 3.97. The maximum absolute atomic E-state index is 10.4. The molecule has 5 heteroatoms. The van der Waals surface area contributed by atoms with Crippen molar-refractivity contribution in [1.29, 1.82) is 0 Å². The molecular formula is C11H19N3O2.